The Balaban J connectivity index is 2.74. The first-order valence-electron chi connectivity index (χ1n) is 3.84. The number of ether oxygens (including phenoxy) is 1. The van der Waals surface area contributed by atoms with Gasteiger partial charge in [0.2, 0.25) is 0 Å². The number of carbonyl (C=O) groups is 2. The molecule has 0 aromatic carbocycles. The van der Waals surface area contributed by atoms with Crippen molar-refractivity contribution in [3.05, 3.63) is 21.9 Å². The van der Waals surface area contributed by atoms with Crippen LogP contribution in [-0.2, 0) is 9.53 Å². The van der Waals surface area contributed by atoms with Gasteiger partial charge in [-0.1, -0.05) is 5.10 Å². The summed E-state index contributed by atoms with van der Waals surface area (Å²) in [5, 5.41) is 15.7. The molecule has 0 radical (unpaired) electrons. The fourth-order valence-electron chi connectivity index (χ4n) is 0.842. The van der Waals surface area contributed by atoms with E-state index in [-0.39, 0.29) is 5.69 Å². The molecule has 0 aliphatic heterocycles. The molecular weight excluding hydrogens is 206 g/mol. The van der Waals surface area contributed by atoms with Crippen LogP contribution in [0.5, 0.6) is 0 Å². The number of hydrogen-bond donors (Lipinski definition) is 1. The first-order chi connectivity index (χ1) is 7.04. The molecule has 1 N–H and O–H groups in total. The minimum Gasteiger partial charge on any atom is -0.469 e. The quantitative estimate of drug-likeness (QED) is 0.248. The van der Waals surface area contributed by atoms with Gasteiger partial charge in [-0.25, -0.2) is 0 Å². The largest absolute Gasteiger partial charge is 0.469 e. The van der Waals surface area contributed by atoms with Crippen molar-refractivity contribution in [3.63, 3.8) is 0 Å². The van der Waals surface area contributed by atoms with Crippen LogP contribution in [0.2, 0.25) is 0 Å². The van der Waals surface area contributed by atoms with Gasteiger partial charge in [0, 0.05) is 0 Å². The van der Waals surface area contributed by atoms with E-state index in [1.165, 1.54) is 0 Å². The second-order valence-electron chi connectivity index (χ2n) is 2.57. The molecule has 8 heteroatoms. The van der Waals surface area contributed by atoms with E-state index < -0.39 is 28.9 Å². The molecule has 0 aliphatic rings. The average Bonchev–Trinajstić information content (AvgIpc) is 2.66. The maximum atomic E-state index is 11.2. The topological polar surface area (TPSA) is 115 Å². The van der Waals surface area contributed by atoms with E-state index in [1.54, 1.807) is 0 Å². The van der Waals surface area contributed by atoms with Crippen LogP contribution in [0.3, 0.4) is 0 Å². The Morgan fingerprint density at radius 3 is 2.80 bits per heavy atom. The van der Waals surface area contributed by atoms with Gasteiger partial charge in [-0.2, -0.15) is 0 Å². The third kappa shape index (κ3) is 2.59. The van der Waals surface area contributed by atoms with E-state index in [0.717, 1.165) is 13.2 Å². The normalized spacial score (nSPS) is 9.67. The van der Waals surface area contributed by atoms with Gasteiger partial charge in [-0.15, -0.1) is 5.10 Å². The number of H-pyrrole nitrogens is 1. The molecule has 0 amide bonds. The van der Waals surface area contributed by atoms with Gasteiger partial charge in [0.05, 0.1) is 13.2 Å². The molecule has 0 spiro atoms. The number of hydrogen-bond acceptors (Lipinski definition) is 6. The van der Waals surface area contributed by atoms with E-state index in [4.69, 9.17) is 0 Å². The number of nitrogens with zero attached hydrogens (tertiary/aromatic N) is 2. The highest BCUT2D eigenvalue weighted by atomic mass is 16.6. The molecule has 80 valence electrons. The Bertz CT molecular complexity index is 411. The van der Waals surface area contributed by atoms with Crippen LogP contribution in [0, 0.1) is 10.1 Å². The van der Waals surface area contributed by atoms with Crippen LogP contribution in [0.25, 0.3) is 0 Å². The van der Waals surface area contributed by atoms with Crippen molar-refractivity contribution in [1.29, 1.82) is 0 Å². The number of nitrogens with one attached hydrogen (secondary N) is 1. The fraction of sp³-hybridized carbons (Fsp3) is 0.286. The van der Waals surface area contributed by atoms with Crippen LogP contribution in [0.1, 0.15) is 16.9 Å². The molecule has 0 atom stereocenters. The zero-order valence-corrected chi connectivity index (χ0v) is 7.72. The van der Waals surface area contributed by atoms with Gasteiger partial charge >= 0.3 is 11.8 Å². The zero-order valence-electron chi connectivity index (χ0n) is 7.72. The Morgan fingerprint density at radius 1 is 1.67 bits per heavy atom. The van der Waals surface area contributed by atoms with E-state index >= 15 is 0 Å². The van der Waals surface area contributed by atoms with E-state index in [9.17, 15) is 19.7 Å². The molecule has 0 bridgehead atoms. The smallest absolute Gasteiger partial charge is 0.343 e. The summed E-state index contributed by atoms with van der Waals surface area (Å²) < 4.78 is 4.26. The summed E-state index contributed by atoms with van der Waals surface area (Å²) in [6, 6.07) is 0.964. The molecular formula is C7H7N3O5. The fourth-order valence-corrected chi connectivity index (χ4v) is 0.842. The van der Waals surface area contributed by atoms with Crippen LogP contribution >= 0.6 is 0 Å². The molecule has 0 aliphatic carbocycles. The van der Waals surface area contributed by atoms with Crippen molar-refractivity contribution in [1.82, 2.24) is 10.2 Å². The van der Waals surface area contributed by atoms with Gasteiger partial charge in [0.25, 0.3) is 0 Å². The third-order valence-corrected chi connectivity index (χ3v) is 1.58. The molecule has 8 nitrogen and oxygen atoms in total. The number of aromatic amines is 1. The molecule has 15 heavy (non-hydrogen) atoms. The maximum absolute atomic E-state index is 11.2. The Hall–Kier alpha value is -2.25. The number of aromatic nitrogens is 2. The summed E-state index contributed by atoms with van der Waals surface area (Å²) in [7, 11) is 1.14. The monoisotopic (exact) mass is 213 g/mol. The highest BCUT2D eigenvalue weighted by molar-refractivity contribution is 6.04. The van der Waals surface area contributed by atoms with Crippen molar-refractivity contribution >= 4 is 17.6 Å². The number of ketones is 1. The van der Waals surface area contributed by atoms with E-state index in [1.807, 2.05) is 0 Å². The van der Waals surface area contributed by atoms with Gasteiger partial charge in [-0.3, -0.25) is 9.59 Å². The predicted molar refractivity (Wildman–Crippen MR) is 46.2 cm³/mol. The number of carbonyl (C=O) groups excluding carboxylic acids is 2. The first kappa shape index (κ1) is 10.8. The minimum absolute atomic E-state index is 0.160. The molecule has 1 rings (SSSR count). The van der Waals surface area contributed by atoms with Gasteiger partial charge < -0.3 is 14.9 Å². The van der Waals surface area contributed by atoms with Gasteiger partial charge in [-0.05, 0) is 4.92 Å². The lowest BCUT2D eigenvalue weighted by atomic mass is 10.2. The number of nitro groups is 1. The van der Waals surface area contributed by atoms with Crippen LogP contribution < -0.4 is 0 Å². The van der Waals surface area contributed by atoms with E-state index in [2.05, 4.69) is 14.9 Å². The maximum Gasteiger partial charge on any atom is 0.343 e. The predicted octanol–water partition coefficient (Wildman–Crippen LogP) is 0.0637. The lowest BCUT2D eigenvalue weighted by Crippen LogP contribution is -2.09. The van der Waals surface area contributed by atoms with Crippen molar-refractivity contribution in [2.24, 2.45) is 0 Å². The Labute approximate surface area is 83.4 Å². The highest BCUT2D eigenvalue weighted by Gasteiger charge is 2.19. The molecule has 1 aromatic heterocycles. The molecule has 0 saturated heterocycles. The molecule has 0 saturated carbocycles. The summed E-state index contributed by atoms with van der Waals surface area (Å²) in [5.41, 5.74) is -0.160. The molecule has 1 aromatic rings. The SMILES string of the molecule is COC(=O)CC(=O)c1cc([N+](=O)[O-])[nH]n1. The van der Waals surface area contributed by atoms with Crippen molar-refractivity contribution in [2.75, 3.05) is 7.11 Å². The summed E-state index contributed by atoms with van der Waals surface area (Å²) in [6.45, 7) is 0. The Morgan fingerprint density at radius 2 is 2.33 bits per heavy atom. The molecule has 0 unspecified atom stereocenters. The number of methoxy groups -OCH3 is 1. The minimum atomic E-state index is -0.720. The number of esters is 1. The standard InChI is InChI=1S/C7H7N3O5/c1-15-7(12)3-5(11)4-2-6(9-8-4)10(13)14/h2H,3H2,1H3,(H,8,9). The highest BCUT2D eigenvalue weighted by Crippen LogP contribution is 2.09. The second-order valence-corrected chi connectivity index (χ2v) is 2.57. The zero-order chi connectivity index (χ0) is 11.4. The second kappa shape index (κ2) is 4.31. The van der Waals surface area contributed by atoms with Crippen LogP contribution in [-0.4, -0.2) is 34.0 Å². The summed E-state index contributed by atoms with van der Waals surface area (Å²) in [6.07, 6.45) is -0.488. The lowest BCUT2D eigenvalue weighted by molar-refractivity contribution is -0.389. The van der Waals surface area contributed by atoms with Gasteiger partial charge in [0.1, 0.15) is 6.42 Å². The van der Waals surface area contributed by atoms with E-state index in [0.29, 0.717) is 0 Å². The first-order valence-corrected chi connectivity index (χ1v) is 3.84. The van der Waals surface area contributed by atoms with Crippen molar-refractivity contribution in [2.45, 2.75) is 6.42 Å². The van der Waals surface area contributed by atoms with Crippen molar-refractivity contribution < 1.29 is 19.2 Å². The average molecular weight is 213 g/mol. The van der Waals surface area contributed by atoms with Crippen LogP contribution in [0.4, 0.5) is 5.82 Å². The summed E-state index contributed by atoms with van der Waals surface area (Å²) in [5.74, 6) is -1.75. The van der Waals surface area contributed by atoms with Crippen LogP contribution in [0.15, 0.2) is 6.07 Å². The Kier molecular flexibility index (Phi) is 3.11. The third-order valence-electron chi connectivity index (χ3n) is 1.58. The summed E-state index contributed by atoms with van der Waals surface area (Å²) in [4.78, 5) is 31.5. The number of Topliss-reactive ketones (excluding diaryl/α,β-unsaturated/α-hetero) is 1. The van der Waals surface area contributed by atoms with Gasteiger partial charge in [0.15, 0.2) is 11.5 Å². The molecule has 0 fully saturated rings. The summed E-state index contributed by atoms with van der Waals surface area (Å²) >= 11 is 0. The van der Waals surface area contributed by atoms with Crippen molar-refractivity contribution in [3.8, 4) is 0 Å². The lowest BCUT2D eigenvalue weighted by Gasteiger charge is -1.93. The number of rotatable bonds is 4. The molecule has 1 heterocycles.